The van der Waals surface area contributed by atoms with E-state index in [1.54, 1.807) is 6.07 Å². The summed E-state index contributed by atoms with van der Waals surface area (Å²) in [6.45, 7) is 1.90. The Balaban J connectivity index is 3.01. The Morgan fingerprint density at radius 1 is 1.60 bits per heavy atom. The molecule has 1 rings (SSSR count). The van der Waals surface area contributed by atoms with Crippen LogP contribution in [0.3, 0.4) is 0 Å². The van der Waals surface area contributed by atoms with E-state index in [4.69, 9.17) is 5.73 Å². The van der Waals surface area contributed by atoms with Crippen molar-refractivity contribution in [2.45, 2.75) is 13.3 Å². The second-order valence-electron chi connectivity index (χ2n) is 2.88. The van der Waals surface area contributed by atoms with Crippen LogP contribution in [0.25, 0.3) is 0 Å². The predicted molar refractivity (Wildman–Crippen MR) is 52.6 cm³/mol. The summed E-state index contributed by atoms with van der Waals surface area (Å²) in [5, 5.41) is 8.82. The smallest absolute Gasteiger partial charge is 0.336 e. The van der Waals surface area contributed by atoms with Crippen molar-refractivity contribution < 1.29 is 14.7 Å². The monoisotopic (exact) mass is 210 g/mol. The molecule has 0 amide bonds. The summed E-state index contributed by atoms with van der Waals surface area (Å²) >= 11 is 0. The van der Waals surface area contributed by atoms with E-state index in [1.807, 2.05) is 6.92 Å². The highest BCUT2D eigenvalue weighted by molar-refractivity contribution is 5.94. The number of carbonyl (C=O) groups is 1. The Bertz CT molecular complexity index is 403. The number of aryl methyl sites for hydroxylation is 1. The molecule has 0 aliphatic carbocycles. The molecular weight excluding hydrogens is 200 g/mol. The third-order valence-corrected chi connectivity index (χ3v) is 1.90. The minimum Gasteiger partial charge on any atom is -0.398 e. The molecule has 80 valence electrons. The fourth-order valence-electron chi connectivity index (χ4n) is 1.12. The van der Waals surface area contributed by atoms with E-state index in [-0.39, 0.29) is 11.3 Å². The van der Waals surface area contributed by atoms with Crippen molar-refractivity contribution in [1.82, 2.24) is 0 Å². The topological polar surface area (TPSA) is 95.5 Å². The zero-order valence-electron chi connectivity index (χ0n) is 8.10. The number of anilines is 1. The van der Waals surface area contributed by atoms with Gasteiger partial charge < -0.3 is 5.73 Å². The molecular formula is C9H10N2O4. The molecule has 0 fully saturated rings. The van der Waals surface area contributed by atoms with Crippen molar-refractivity contribution in [1.29, 1.82) is 0 Å². The highest BCUT2D eigenvalue weighted by Gasteiger charge is 2.14. The quantitative estimate of drug-likeness (QED) is 0.459. The van der Waals surface area contributed by atoms with Gasteiger partial charge in [0.25, 0.3) is 0 Å². The Labute approximate surface area is 85.7 Å². The van der Waals surface area contributed by atoms with Gasteiger partial charge >= 0.3 is 11.1 Å². The maximum absolute atomic E-state index is 11.2. The van der Waals surface area contributed by atoms with Gasteiger partial charge in [0, 0.05) is 5.69 Å². The fraction of sp³-hybridized carbons (Fsp3) is 0.222. The molecule has 6 nitrogen and oxygen atoms in total. The van der Waals surface area contributed by atoms with Crippen LogP contribution in [0.15, 0.2) is 18.2 Å². The molecule has 0 aromatic heterocycles. The van der Waals surface area contributed by atoms with Crippen LogP contribution in [0.1, 0.15) is 22.8 Å². The third kappa shape index (κ3) is 2.67. The number of hydrogen-bond donors (Lipinski definition) is 1. The number of hydrogen-bond acceptors (Lipinski definition) is 5. The first-order chi connectivity index (χ1) is 7.04. The number of nitrogens with two attached hydrogens (primary N) is 1. The Kier molecular flexibility index (Phi) is 3.22. The minimum absolute atomic E-state index is 0.0195. The van der Waals surface area contributed by atoms with Crippen LogP contribution in [-0.2, 0) is 11.3 Å². The van der Waals surface area contributed by atoms with Crippen LogP contribution in [0.2, 0.25) is 0 Å². The lowest BCUT2D eigenvalue weighted by molar-refractivity contribution is -0.727. The largest absolute Gasteiger partial charge is 0.398 e. The number of nitrogens with zero attached hydrogens (tertiary/aromatic N) is 1. The highest BCUT2D eigenvalue weighted by Crippen LogP contribution is 2.15. The van der Waals surface area contributed by atoms with Gasteiger partial charge in [-0.2, -0.15) is 0 Å². The van der Waals surface area contributed by atoms with Gasteiger partial charge in [-0.1, -0.05) is 13.0 Å². The van der Waals surface area contributed by atoms with Crippen LogP contribution in [0, 0.1) is 10.1 Å². The zero-order chi connectivity index (χ0) is 11.4. The molecule has 0 bridgehead atoms. The first-order valence-electron chi connectivity index (χ1n) is 4.29. The van der Waals surface area contributed by atoms with Gasteiger partial charge in [0.2, 0.25) is 0 Å². The van der Waals surface area contributed by atoms with Gasteiger partial charge in [-0.25, -0.2) is 4.84 Å². The zero-order valence-corrected chi connectivity index (χ0v) is 8.10. The van der Waals surface area contributed by atoms with Gasteiger partial charge in [0.15, 0.2) is 0 Å². The highest BCUT2D eigenvalue weighted by atomic mass is 17.0. The normalized spacial score (nSPS) is 9.67. The van der Waals surface area contributed by atoms with Gasteiger partial charge in [-0.15, -0.1) is 10.1 Å². The van der Waals surface area contributed by atoms with E-state index in [0.29, 0.717) is 6.42 Å². The lowest BCUT2D eigenvalue weighted by Crippen LogP contribution is -2.12. The van der Waals surface area contributed by atoms with Crippen LogP contribution in [-0.4, -0.2) is 11.1 Å². The van der Waals surface area contributed by atoms with Gasteiger partial charge in [-0.3, -0.25) is 4.79 Å². The third-order valence-electron chi connectivity index (χ3n) is 1.90. The van der Waals surface area contributed by atoms with Crippen LogP contribution in [0.5, 0.6) is 0 Å². The number of rotatable bonds is 3. The number of carbonyl (C=O) groups excluding carboxylic acids is 1. The van der Waals surface area contributed by atoms with Crippen molar-refractivity contribution in [2.75, 3.05) is 5.73 Å². The summed E-state index contributed by atoms with van der Waals surface area (Å²) in [7, 11) is 0. The molecule has 1 aromatic carbocycles. The molecule has 0 heterocycles. The second-order valence-corrected chi connectivity index (χ2v) is 2.88. The van der Waals surface area contributed by atoms with Crippen LogP contribution < -0.4 is 5.73 Å². The minimum atomic E-state index is -1.15. The first kappa shape index (κ1) is 11.0. The molecule has 0 unspecified atom stereocenters. The summed E-state index contributed by atoms with van der Waals surface area (Å²) < 4.78 is 0. The fourth-order valence-corrected chi connectivity index (χ4v) is 1.12. The molecule has 0 aliphatic heterocycles. The molecule has 0 radical (unpaired) electrons. The van der Waals surface area contributed by atoms with Gasteiger partial charge in [0.1, 0.15) is 0 Å². The van der Waals surface area contributed by atoms with Gasteiger partial charge in [0.05, 0.1) is 5.56 Å². The number of nitrogen functional groups attached to an aromatic ring is 1. The lowest BCUT2D eigenvalue weighted by Gasteiger charge is -2.04. The van der Waals surface area contributed by atoms with E-state index in [9.17, 15) is 14.9 Å². The molecule has 0 spiro atoms. The molecule has 15 heavy (non-hydrogen) atoms. The molecule has 0 saturated carbocycles. The number of benzene rings is 1. The molecule has 1 aromatic rings. The van der Waals surface area contributed by atoms with Crippen LogP contribution in [0.4, 0.5) is 5.69 Å². The predicted octanol–water partition coefficient (Wildman–Crippen LogP) is 1.18. The summed E-state index contributed by atoms with van der Waals surface area (Å²) in [6.07, 6.45) is 0.707. The van der Waals surface area contributed by atoms with E-state index in [0.717, 1.165) is 5.56 Å². The maximum Gasteiger partial charge on any atom is 0.336 e. The standard InChI is InChI=1S/C9H10N2O4/c1-2-6-3-4-8(10)7(5-6)9(12)15-11(13)14/h3-5H,2,10H2,1H3. The van der Waals surface area contributed by atoms with Crippen molar-refractivity contribution >= 4 is 11.7 Å². The molecule has 0 saturated heterocycles. The lowest BCUT2D eigenvalue weighted by atomic mass is 10.1. The SMILES string of the molecule is CCc1ccc(N)c(C(=O)O[N+](=O)[O-])c1. The second kappa shape index (κ2) is 4.41. The van der Waals surface area contributed by atoms with Crippen molar-refractivity contribution in [2.24, 2.45) is 0 Å². The van der Waals surface area contributed by atoms with Crippen molar-refractivity contribution in [3.8, 4) is 0 Å². The molecule has 6 heteroatoms. The van der Waals surface area contributed by atoms with E-state index in [1.165, 1.54) is 12.1 Å². The van der Waals surface area contributed by atoms with E-state index in [2.05, 4.69) is 4.84 Å². The van der Waals surface area contributed by atoms with E-state index >= 15 is 0 Å². The Morgan fingerprint density at radius 2 is 2.27 bits per heavy atom. The van der Waals surface area contributed by atoms with Crippen molar-refractivity contribution in [3.05, 3.63) is 39.4 Å². The summed E-state index contributed by atoms with van der Waals surface area (Å²) in [5.74, 6) is -1.05. The summed E-state index contributed by atoms with van der Waals surface area (Å²) in [6, 6.07) is 4.76. The van der Waals surface area contributed by atoms with Gasteiger partial charge in [-0.05, 0) is 24.1 Å². The van der Waals surface area contributed by atoms with Crippen LogP contribution >= 0.6 is 0 Å². The molecule has 0 atom stereocenters. The average Bonchev–Trinajstić information content (AvgIpc) is 2.17. The maximum atomic E-state index is 11.2. The summed E-state index contributed by atoms with van der Waals surface area (Å²) in [5.41, 5.74) is 6.54. The van der Waals surface area contributed by atoms with E-state index < -0.39 is 11.1 Å². The molecule has 2 N–H and O–H groups in total. The Morgan fingerprint density at radius 3 is 2.80 bits per heavy atom. The average molecular weight is 210 g/mol. The van der Waals surface area contributed by atoms with Crippen molar-refractivity contribution in [3.63, 3.8) is 0 Å². The Hall–Kier alpha value is -2.11. The molecule has 0 aliphatic rings. The summed E-state index contributed by atoms with van der Waals surface area (Å²) in [4.78, 5) is 25.0. The first-order valence-corrected chi connectivity index (χ1v) is 4.29.